The summed E-state index contributed by atoms with van der Waals surface area (Å²) in [5.41, 5.74) is 5.84. The highest BCUT2D eigenvalue weighted by Crippen LogP contribution is 2.23. The molecule has 2 rings (SSSR count). The first kappa shape index (κ1) is 12.6. The van der Waals surface area contributed by atoms with Gasteiger partial charge in [-0.3, -0.25) is 14.2 Å². The number of rotatable bonds is 3. The molecule has 1 heterocycles. The second-order valence-electron chi connectivity index (χ2n) is 3.60. The van der Waals surface area contributed by atoms with Gasteiger partial charge in [-0.15, -0.1) is 0 Å². The van der Waals surface area contributed by atoms with Crippen molar-refractivity contribution in [3.8, 4) is 0 Å². The van der Waals surface area contributed by atoms with Crippen LogP contribution in [0.25, 0.3) is 10.2 Å². The van der Waals surface area contributed by atoms with Gasteiger partial charge in [-0.25, -0.2) is 4.39 Å². The van der Waals surface area contributed by atoms with E-state index in [1.165, 1.54) is 16.7 Å². The highest BCUT2D eigenvalue weighted by molar-refractivity contribution is 7.16. The van der Waals surface area contributed by atoms with Crippen LogP contribution in [-0.4, -0.2) is 17.1 Å². The highest BCUT2D eigenvalue weighted by atomic mass is 32.1. The number of nitrogen functional groups attached to an aromatic ring is 1. The molecule has 0 fully saturated rings. The zero-order valence-electron chi connectivity index (χ0n) is 9.60. The molecular weight excluding hydrogens is 259 g/mol. The van der Waals surface area contributed by atoms with E-state index in [9.17, 15) is 14.0 Å². The van der Waals surface area contributed by atoms with E-state index in [2.05, 4.69) is 0 Å². The number of nitrogens with zero attached hydrogens (tertiary/aromatic N) is 1. The Kier molecular flexibility index (Phi) is 3.33. The molecule has 7 heteroatoms. The summed E-state index contributed by atoms with van der Waals surface area (Å²) in [4.78, 5) is 22.7. The Morgan fingerprint density at radius 2 is 2.28 bits per heavy atom. The van der Waals surface area contributed by atoms with Crippen molar-refractivity contribution in [2.24, 2.45) is 0 Å². The third-order valence-corrected chi connectivity index (χ3v) is 3.32. The van der Waals surface area contributed by atoms with E-state index in [0.717, 1.165) is 11.3 Å². The summed E-state index contributed by atoms with van der Waals surface area (Å²) in [6.07, 6.45) is 0. The molecule has 0 aliphatic carbocycles. The zero-order valence-corrected chi connectivity index (χ0v) is 10.4. The number of ether oxygens (including phenoxy) is 1. The van der Waals surface area contributed by atoms with E-state index in [1.807, 2.05) is 0 Å². The maximum Gasteiger partial charge on any atom is 0.326 e. The Hall–Kier alpha value is -1.89. The summed E-state index contributed by atoms with van der Waals surface area (Å²) in [5, 5.41) is 0. The summed E-state index contributed by atoms with van der Waals surface area (Å²) in [6, 6.07) is 2.54. The Bertz CT molecular complexity index is 662. The zero-order chi connectivity index (χ0) is 13.3. The van der Waals surface area contributed by atoms with Crippen LogP contribution < -0.4 is 10.6 Å². The number of anilines is 1. The van der Waals surface area contributed by atoms with E-state index in [1.54, 1.807) is 6.92 Å². The molecule has 0 aliphatic rings. The summed E-state index contributed by atoms with van der Waals surface area (Å²) >= 11 is 0.866. The lowest BCUT2D eigenvalue weighted by molar-refractivity contribution is -0.143. The first-order chi connectivity index (χ1) is 8.52. The van der Waals surface area contributed by atoms with Crippen molar-refractivity contribution in [2.75, 3.05) is 12.3 Å². The van der Waals surface area contributed by atoms with Crippen molar-refractivity contribution < 1.29 is 13.9 Å². The van der Waals surface area contributed by atoms with Crippen LogP contribution in [0, 0.1) is 5.82 Å². The molecule has 0 amide bonds. The number of hydrogen-bond acceptors (Lipinski definition) is 5. The van der Waals surface area contributed by atoms with E-state index < -0.39 is 11.8 Å². The second kappa shape index (κ2) is 4.77. The molecule has 0 spiro atoms. The number of nitrogens with two attached hydrogens (primary N) is 1. The largest absolute Gasteiger partial charge is 0.465 e. The van der Waals surface area contributed by atoms with Crippen LogP contribution >= 0.6 is 11.3 Å². The predicted molar refractivity (Wildman–Crippen MR) is 67.1 cm³/mol. The fourth-order valence-electron chi connectivity index (χ4n) is 1.59. The van der Waals surface area contributed by atoms with Gasteiger partial charge in [0.05, 0.1) is 22.5 Å². The van der Waals surface area contributed by atoms with Crippen LogP contribution in [0.2, 0.25) is 0 Å². The van der Waals surface area contributed by atoms with E-state index >= 15 is 0 Å². The van der Waals surface area contributed by atoms with Gasteiger partial charge in [0, 0.05) is 0 Å². The maximum atomic E-state index is 13.3. The molecule has 0 saturated carbocycles. The molecule has 1 aromatic carbocycles. The molecule has 96 valence electrons. The summed E-state index contributed by atoms with van der Waals surface area (Å²) in [5.74, 6) is -1.09. The summed E-state index contributed by atoms with van der Waals surface area (Å²) < 4.78 is 19.7. The van der Waals surface area contributed by atoms with Gasteiger partial charge in [0.1, 0.15) is 12.4 Å². The molecule has 0 aliphatic heterocycles. The van der Waals surface area contributed by atoms with Gasteiger partial charge < -0.3 is 10.5 Å². The first-order valence-corrected chi connectivity index (χ1v) is 6.08. The Morgan fingerprint density at radius 3 is 2.94 bits per heavy atom. The third-order valence-electron chi connectivity index (χ3n) is 2.38. The quantitative estimate of drug-likeness (QED) is 0.674. The minimum Gasteiger partial charge on any atom is -0.465 e. The number of aromatic nitrogens is 1. The topological polar surface area (TPSA) is 74.3 Å². The van der Waals surface area contributed by atoms with Crippen molar-refractivity contribution in [3.63, 3.8) is 0 Å². The average Bonchev–Trinajstić information content (AvgIpc) is 2.57. The third kappa shape index (κ3) is 2.21. The molecular formula is C11H11FN2O3S. The number of halogens is 1. The fraction of sp³-hybridized carbons (Fsp3) is 0.273. The summed E-state index contributed by atoms with van der Waals surface area (Å²) in [7, 11) is 0. The van der Waals surface area contributed by atoms with E-state index in [-0.39, 0.29) is 23.7 Å². The maximum absolute atomic E-state index is 13.3. The minimum absolute atomic E-state index is 0.0575. The molecule has 0 atom stereocenters. The molecule has 18 heavy (non-hydrogen) atoms. The van der Waals surface area contributed by atoms with Gasteiger partial charge in [0.15, 0.2) is 0 Å². The number of carbonyl (C=O) groups excluding carboxylic acids is 1. The molecule has 1 aromatic heterocycles. The molecule has 0 saturated heterocycles. The van der Waals surface area contributed by atoms with Gasteiger partial charge in [0.25, 0.3) is 0 Å². The number of esters is 1. The summed E-state index contributed by atoms with van der Waals surface area (Å²) in [6.45, 7) is 1.73. The van der Waals surface area contributed by atoms with Crippen LogP contribution in [0.4, 0.5) is 10.1 Å². The average molecular weight is 270 g/mol. The van der Waals surface area contributed by atoms with Gasteiger partial charge in [-0.2, -0.15) is 0 Å². The first-order valence-electron chi connectivity index (χ1n) is 5.27. The molecule has 0 radical (unpaired) electrons. The highest BCUT2D eigenvalue weighted by Gasteiger charge is 2.13. The molecule has 5 nitrogen and oxygen atoms in total. The van der Waals surface area contributed by atoms with Gasteiger partial charge in [-0.1, -0.05) is 11.3 Å². The molecule has 2 aromatic rings. The number of carbonyl (C=O) groups is 1. The Morgan fingerprint density at radius 1 is 1.56 bits per heavy atom. The Labute approximate surface area is 106 Å². The lowest BCUT2D eigenvalue weighted by atomic mass is 10.3. The second-order valence-corrected chi connectivity index (χ2v) is 4.59. The molecule has 2 N–H and O–H groups in total. The van der Waals surface area contributed by atoms with Gasteiger partial charge in [0.2, 0.25) is 0 Å². The lowest BCUT2D eigenvalue weighted by Gasteiger charge is -2.04. The number of benzene rings is 1. The van der Waals surface area contributed by atoms with Crippen LogP contribution in [0.15, 0.2) is 16.9 Å². The van der Waals surface area contributed by atoms with Crippen molar-refractivity contribution in [1.29, 1.82) is 0 Å². The van der Waals surface area contributed by atoms with Gasteiger partial charge >= 0.3 is 10.8 Å². The van der Waals surface area contributed by atoms with Crippen molar-refractivity contribution >= 4 is 33.2 Å². The van der Waals surface area contributed by atoms with E-state index in [4.69, 9.17) is 10.5 Å². The van der Waals surface area contributed by atoms with E-state index in [0.29, 0.717) is 10.2 Å². The van der Waals surface area contributed by atoms with Crippen molar-refractivity contribution in [2.45, 2.75) is 13.5 Å². The number of fused-ring (bicyclic) bond motifs is 1. The molecule has 0 unspecified atom stereocenters. The normalized spacial score (nSPS) is 10.8. The fourth-order valence-corrected chi connectivity index (χ4v) is 2.48. The Balaban J connectivity index is 2.50. The number of thiazole rings is 1. The SMILES string of the molecule is CCOC(=O)Cn1c(=O)sc2cc(F)c(N)cc21. The monoisotopic (exact) mass is 270 g/mol. The van der Waals surface area contributed by atoms with Crippen LogP contribution in [0.5, 0.6) is 0 Å². The lowest BCUT2D eigenvalue weighted by Crippen LogP contribution is -2.20. The van der Waals surface area contributed by atoms with Gasteiger partial charge in [-0.05, 0) is 19.1 Å². The van der Waals surface area contributed by atoms with Crippen LogP contribution in [-0.2, 0) is 16.1 Å². The number of hydrogen-bond donors (Lipinski definition) is 1. The molecule has 0 bridgehead atoms. The van der Waals surface area contributed by atoms with Crippen LogP contribution in [0.1, 0.15) is 6.92 Å². The minimum atomic E-state index is -0.577. The van der Waals surface area contributed by atoms with Crippen LogP contribution in [0.3, 0.4) is 0 Å². The van der Waals surface area contributed by atoms with Crippen molar-refractivity contribution in [1.82, 2.24) is 4.57 Å². The standard InChI is InChI=1S/C11H11FN2O3S/c1-2-17-10(15)5-14-8-4-7(13)6(12)3-9(8)18-11(14)16/h3-4H,2,5,13H2,1H3. The van der Waals surface area contributed by atoms with Crippen molar-refractivity contribution in [3.05, 3.63) is 27.6 Å². The predicted octanol–water partition coefficient (Wildman–Crippen LogP) is 1.35. The smallest absolute Gasteiger partial charge is 0.326 e.